The maximum atomic E-state index is 12.2. The van der Waals surface area contributed by atoms with Crippen molar-refractivity contribution in [2.45, 2.75) is 57.8 Å². The van der Waals surface area contributed by atoms with E-state index in [0.717, 1.165) is 25.7 Å². The molecule has 0 unspecified atom stereocenters. The standard InChI is InChI=1S/C17H26O4/c1-20-15(18)17(16(19)21-2)13-11-9-7-5-3-4-6-8-10-12-14-17/h7,11H,3-6,8,10,12-14H2,1-2H3. The fraction of sp³-hybridized carbons (Fsp3) is 0.706. The normalized spacial score (nSPS) is 19.7. The van der Waals surface area contributed by atoms with Crippen LogP contribution in [0.5, 0.6) is 0 Å². The third kappa shape index (κ3) is 5.05. The van der Waals surface area contributed by atoms with Crippen molar-refractivity contribution in [3.05, 3.63) is 17.9 Å². The number of hydrogen-bond donors (Lipinski definition) is 0. The van der Waals surface area contributed by atoms with Gasteiger partial charge in [-0.1, -0.05) is 32.1 Å². The number of ether oxygens (including phenoxy) is 2. The predicted molar refractivity (Wildman–Crippen MR) is 80.7 cm³/mol. The van der Waals surface area contributed by atoms with Crippen molar-refractivity contribution >= 4 is 11.9 Å². The molecule has 0 bridgehead atoms. The topological polar surface area (TPSA) is 52.6 Å². The van der Waals surface area contributed by atoms with E-state index in [-0.39, 0.29) is 6.42 Å². The second-order valence-corrected chi connectivity index (χ2v) is 5.50. The first-order valence-corrected chi connectivity index (χ1v) is 7.73. The Balaban J connectivity index is 2.98. The molecule has 0 saturated carbocycles. The average molecular weight is 294 g/mol. The van der Waals surface area contributed by atoms with Crippen LogP contribution in [0.2, 0.25) is 0 Å². The molecule has 0 saturated heterocycles. The molecular formula is C17H26O4. The number of allylic oxidation sites excluding steroid dienone is 1. The van der Waals surface area contributed by atoms with Crippen molar-refractivity contribution in [2.75, 3.05) is 14.2 Å². The second-order valence-electron chi connectivity index (χ2n) is 5.50. The number of rotatable bonds is 2. The Kier molecular flexibility index (Phi) is 7.84. The molecule has 21 heavy (non-hydrogen) atoms. The number of carbonyl (C=O) groups is 2. The Morgan fingerprint density at radius 1 is 0.905 bits per heavy atom. The van der Waals surface area contributed by atoms with Crippen LogP contribution in [0.1, 0.15) is 57.8 Å². The van der Waals surface area contributed by atoms with Crippen LogP contribution in [0.15, 0.2) is 17.9 Å². The Morgan fingerprint density at radius 2 is 1.48 bits per heavy atom. The maximum absolute atomic E-state index is 12.2. The van der Waals surface area contributed by atoms with E-state index in [1.54, 1.807) is 6.08 Å². The molecule has 0 N–H and O–H groups in total. The van der Waals surface area contributed by atoms with Gasteiger partial charge in [0.15, 0.2) is 5.41 Å². The summed E-state index contributed by atoms with van der Waals surface area (Å²) < 4.78 is 9.73. The van der Waals surface area contributed by atoms with E-state index >= 15 is 0 Å². The third-order valence-corrected chi connectivity index (χ3v) is 4.04. The van der Waals surface area contributed by atoms with E-state index in [1.807, 2.05) is 6.08 Å². The molecule has 4 nitrogen and oxygen atoms in total. The van der Waals surface area contributed by atoms with Gasteiger partial charge in [-0.15, -0.1) is 5.73 Å². The largest absolute Gasteiger partial charge is 0.468 e. The molecule has 0 fully saturated rings. The molecule has 0 spiro atoms. The van der Waals surface area contributed by atoms with Gasteiger partial charge in [0.05, 0.1) is 14.2 Å². The quantitative estimate of drug-likeness (QED) is 0.444. The highest BCUT2D eigenvalue weighted by molar-refractivity contribution is 6.00. The lowest BCUT2D eigenvalue weighted by atomic mass is 9.79. The summed E-state index contributed by atoms with van der Waals surface area (Å²) >= 11 is 0. The van der Waals surface area contributed by atoms with Crippen molar-refractivity contribution in [3.8, 4) is 0 Å². The highest BCUT2D eigenvalue weighted by Crippen LogP contribution is 2.33. The molecule has 0 aromatic rings. The van der Waals surface area contributed by atoms with Crippen LogP contribution in [0.3, 0.4) is 0 Å². The highest BCUT2D eigenvalue weighted by Gasteiger charge is 2.46. The minimum atomic E-state index is -1.22. The van der Waals surface area contributed by atoms with Gasteiger partial charge < -0.3 is 9.47 Å². The van der Waals surface area contributed by atoms with Gasteiger partial charge in [0, 0.05) is 0 Å². The lowest BCUT2D eigenvalue weighted by molar-refractivity contribution is -0.169. The summed E-state index contributed by atoms with van der Waals surface area (Å²) in [7, 11) is 2.63. The zero-order valence-corrected chi connectivity index (χ0v) is 13.2. The SMILES string of the molecule is COC(=O)C1(C(=O)OC)CC=C=CCCCCCCCC1. The molecule has 0 heterocycles. The maximum Gasteiger partial charge on any atom is 0.323 e. The van der Waals surface area contributed by atoms with E-state index in [2.05, 4.69) is 5.73 Å². The summed E-state index contributed by atoms with van der Waals surface area (Å²) in [4.78, 5) is 24.4. The van der Waals surface area contributed by atoms with E-state index in [4.69, 9.17) is 9.47 Å². The summed E-state index contributed by atoms with van der Waals surface area (Å²) in [5, 5.41) is 0. The molecular weight excluding hydrogens is 268 g/mol. The summed E-state index contributed by atoms with van der Waals surface area (Å²) in [6.07, 6.45) is 12.0. The van der Waals surface area contributed by atoms with Crippen LogP contribution in [0.4, 0.5) is 0 Å². The molecule has 0 atom stereocenters. The van der Waals surface area contributed by atoms with E-state index in [1.165, 1.54) is 33.5 Å². The first-order chi connectivity index (χ1) is 10.2. The monoisotopic (exact) mass is 294 g/mol. The molecule has 0 radical (unpaired) electrons. The lowest BCUT2D eigenvalue weighted by Gasteiger charge is -2.26. The zero-order chi connectivity index (χ0) is 15.6. The van der Waals surface area contributed by atoms with E-state index in [0.29, 0.717) is 6.42 Å². The van der Waals surface area contributed by atoms with Crippen LogP contribution in [-0.2, 0) is 19.1 Å². The van der Waals surface area contributed by atoms with Crippen molar-refractivity contribution in [2.24, 2.45) is 5.41 Å². The number of methoxy groups -OCH3 is 2. The van der Waals surface area contributed by atoms with Crippen LogP contribution in [0, 0.1) is 5.41 Å². The molecule has 118 valence electrons. The van der Waals surface area contributed by atoms with Gasteiger partial charge in [0.1, 0.15) is 0 Å². The average Bonchev–Trinajstić information content (AvgIpc) is 2.54. The smallest absolute Gasteiger partial charge is 0.323 e. The molecule has 0 aromatic heterocycles. The molecule has 4 heteroatoms. The van der Waals surface area contributed by atoms with Crippen LogP contribution < -0.4 is 0 Å². The Hall–Kier alpha value is -1.54. The van der Waals surface area contributed by atoms with Gasteiger partial charge in [-0.25, -0.2) is 0 Å². The minimum Gasteiger partial charge on any atom is -0.468 e. The van der Waals surface area contributed by atoms with E-state index < -0.39 is 17.4 Å². The summed E-state index contributed by atoms with van der Waals surface area (Å²) in [5.41, 5.74) is 1.85. The molecule has 1 aliphatic carbocycles. The van der Waals surface area contributed by atoms with Crippen LogP contribution in [-0.4, -0.2) is 26.2 Å². The van der Waals surface area contributed by atoms with Crippen molar-refractivity contribution in [1.29, 1.82) is 0 Å². The molecule has 1 aliphatic rings. The zero-order valence-electron chi connectivity index (χ0n) is 13.2. The fourth-order valence-electron chi connectivity index (χ4n) is 2.73. The fourth-order valence-corrected chi connectivity index (χ4v) is 2.73. The second kappa shape index (κ2) is 9.41. The van der Waals surface area contributed by atoms with Crippen molar-refractivity contribution < 1.29 is 19.1 Å². The van der Waals surface area contributed by atoms with Gasteiger partial charge in [0.2, 0.25) is 0 Å². The van der Waals surface area contributed by atoms with Gasteiger partial charge in [-0.05, 0) is 37.8 Å². The highest BCUT2D eigenvalue weighted by atomic mass is 16.5. The van der Waals surface area contributed by atoms with E-state index in [9.17, 15) is 9.59 Å². The number of esters is 2. The summed E-state index contributed by atoms with van der Waals surface area (Å²) in [6, 6.07) is 0. The first-order valence-electron chi connectivity index (χ1n) is 7.73. The number of carbonyl (C=O) groups excluding carboxylic acids is 2. The van der Waals surface area contributed by atoms with Crippen LogP contribution >= 0.6 is 0 Å². The molecule has 0 amide bonds. The third-order valence-electron chi connectivity index (χ3n) is 4.04. The van der Waals surface area contributed by atoms with Crippen molar-refractivity contribution in [3.63, 3.8) is 0 Å². The van der Waals surface area contributed by atoms with Crippen LogP contribution in [0.25, 0.3) is 0 Å². The van der Waals surface area contributed by atoms with Gasteiger partial charge >= 0.3 is 11.9 Å². The van der Waals surface area contributed by atoms with Gasteiger partial charge in [0.25, 0.3) is 0 Å². The predicted octanol–water partition coefficient (Wildman–Crippen LogP) is 3.55. The Morgan fingerprint density at radius 3 is 2.10 bits per heavy atom. The minimum absolute atomic E-state index is 0.281. The molecule has 0 aliphatic heterocycles. The molecule has 1 rings (SSSR count). The van der Waals surface area contributed by atoms with Crippen molar-refractivity contribution in [1.82, 2.24) is 0 Å². The lowest BCUT2D eigenvalue weighted by Crippen LogP contribution is -2.41. The van der Waals surface area contributed by atoms with Gasteiger partial charge in [-0.2, -0.15) is 0 Å². The Bertz CT molecular complexity index is 389. The summed E-state index contributed by atoms with van der Waals surface area (Å²) in [5.74, 6) is -1.02. The number of hydrogen-bond acceptors (Lipinski definition) is 4. The van der Waals surface area contributed by atoms with Gasteiger partial charge in [-0.3, -0.25) is 9.59 Å². The molecule has 0 aromatic carbocycles. The summed E-state index contributed by atoms with van der Waals surface area (Å²) in [6.45, 7) is 0. The first kappa shape index (κ1) is 17.5. The Labute approximate surface area is 127 Å².